The number of benzene rings is 4. The van der Waals surface area contributed by atoms with E-state index < -0.39 is 28.5 Å². The Balaban J connectivity index is 1.85. The number of hydrogen-bond acceptors (Lipinski definition) is 4. The average Bonchev–Trinajstić information content (AvgIpc) is 3.00. The van der Waals surface area contributed by atoms with Crippen molar-refractivity contribution >= 4 is 39.1 Å². The second-order valence-corrected chi connectivity index (χ2v) is 13.8. The number of nitrogens with one attached hydrogen (secondary N) is 1. The van der Waals surface area contributed by atoms with Crippen molar-refractivity contribution in [3.8, 4) is 0 Å². The summed E-state index contributed by atoms with van der Waals surface area (Å²) in [5.41, 5.74) is 4.39. The summed E-state index contributed by atoms with van der Waals surface area (Å²) in [4.78, 5) is 30.0. The van der Waals surface area contributed by atoms with Crippen molar-refractivity contribution in [1.82, 2.24) is 10.2 Å². The van der Waals surface area contributed by atoms with Crippen molar-refractivity contribution in [2.24, 2.45) is 0 Å². The molecule has 0 unspecified atom stereocenters. The Kier molecular flexibility index (Phi) is 11.1. The molecule has 45 heavy (non-hydrogen) atoms. The van der Waals surface area contributed by atoms with Gasteiger partial charge in [0.2, 0.25) is 11.8 Å². The first-order valence-corrected chi connectivity index (χ1v) is 16.7. The third kappa shape index (κ3) is 8.32. The number of hydrogen-bond donors (Lipinski definition) is 1. The van der Waals surface area contributed by atoms with Gasteiger partial charge in [0, 0.05) is 24.0 Å². The van der Waals surface area contributed by atoms with Gasteiger partial charge in [-0.3, -0.25) is 13.9 Å². The third-order valence-electron chi connectivity index (χ3n) is 7.70. The van der Waals surface area contributed by atoms with Gasteiger partial charge in [-0.05, 0) is 81.1 Å². The van der Waals surface area contributed by atoms with Gasteiger partial charge in [0.05, 0.1) is 10.6 Å². The van der Waals surface area contributed by atoms with Gasteiger partial charge in [-0.1, -0.05) is 90.0 Å². The largest absolute Gasteiger partial charge is 0.352 e. The van der Waals surface area contributed by atoms with E-state index in [1.165, 1.54) is 17.0 Å². The zero-order chi connectivity index (χ0) is 32.7. The molecule has 0 aromatic heterocycles. The van der Waals surface area contributed by atoms with Gasteiger partial charge in [0.15, 0.2) is 0 Å². The van der Waals surface area contributed by atoms with Crippen molar-refractivity contribution < 1.29 is 18.0 Å². The number of halogens is 1. The van der Waals surface area contributed by atoms with E-state index in [9.17, 15) is 18.0 Å². The molecule has 0 heterocycles. The normalized spacial score (nSPS) is 12.1. The zero-order valence-corrected chi connectivity index (χ0v) is 27.9. The summed E-state index contributed by atoms with van der Waals surface area (Å²) in [5.74, 6) is -0.837. The lowest BCUT2D eigenvalue weighted by Crippen LogP contribution is -2.54. The van der Waals surface area contributed by atoms with Crippen LogP contribution in [0.5, 0.6) is 0 Å². The molecule has 2 amide bonds. The maximum Gasteiger partial charge on any atom is 0.264 e. The minimum atomic E-state index is -4.22. The van der Waals surface area contributed by atoms with Gasteiger partial charge in [-0.15, -0.1) is 0 Å². The predicted molar refractivity (Wildman–Crippen MR) is 181 cm³/mol. The monoisotopic (exact) mass is 645 g/mol. The van der Waals surface area contributed by atoms with Crippen molar-refractivity contribution in [2.75, 3.05) is 10.8 Å². The number of aryl methyl sites for hydroxylation is 2. The van der Waals surface area contributed by atoms with Crippen LogP contribution in [-0.2, 0) is 32.6 Å². The standard InChI is InChI=1S/C36H40ClN3O4S/c1-25(2)38-36(42)34(22-29-13-7-6-8-14-29)39(23-30-15-10-9-12-27(30)4)35(41)24-40(33-17-11-16-32(37)28(33)5)45(43,44)31-20-18-26(3)19-21-31/h6-21,25,34H,22-24H2,1-5H3,(H,38,42)/t34-/m1/s1. The predicted octanol–water partition coefficient (Wildman–Crippen LogP) is 6.63. The summed E-state index contributed by atoms with van der Waals surface area (Å²) in [5, 5.41) is 3.35. The maximum absolute atomic E-state index is 14.6. The van der Waals surface area contributed by atoms with Gasteiger partial charge in [-0.25, -0.2) is 8.42 Å². The molecule has 4 aromatic rings. The number of sulfonamides is 1. The van der Waals surface area contributed by atoms with E-state index in [0.717, 1.165) is 26.6 Å². The van der Waals surface area contributed by atoms with E-state index in [0.29, 0.717) is 16.3 Å². The Hall–Kier alpha value is -4.14. The number of rotatable bonds is 12. The molecule has 1 atom stereocenters. The average molecular weight is 646 g/mol. The lowest BCUT2D eigenvalue weighted by Gasteiger charge is -2.34. The smallest absolute Gasteiger partial charge is 0.264 e. The van der Waals surface area contributed by atoms with Gasteiger partial charge < -0.3 is 10.2 Å². The summed E-state index contributed by atoms with van der Waals surface area (Å²) in [6, 6.07) is 27.5. The molecule has 0 aliphatic carbocycles. The van der Waals surface area contributed by atoms with E-state index >= 15 is 0 Å². The molecule has 4 rings (SSSR count). The Bertz CT molecular complexity index is 1740. The van der Waals surface area contributed by atoms with E-state index in [2.05, 4.69) is 5.32 Å². The SMILES string of the molecule is Cc1ccc(S(=O)(=O)N(CC(=O)N(Cc2ccccc2C)[C@H](Cc2ccccc2)C(=O)NC(C)C)c2cccc(Cl)c2C)cc1. The maximum atomic E-state index is 14.6. The first-order valence-electron chi connectivity index (χ1n) is 14.9. The quantitative estimate of drug-likeness (QED) is 0.188. The summed E-state index contributed by atoms with van der Waals surface area (Å²) >= 11 is 6.46. The van der Waals surface area contributed by atoms with E-state index in [-0.39, 0.29) is 29.8 Å². The number of amides is 2. The minimum Gasteiger partial charge on any atom is -0.352 e. The fraction of sp³-hybridized carbons (Fsp3) is 0.278. The molecule has 1 N–H and O–H groups in total. The van der Waals surface area contributed by atoms with Crippen molar-refractivity contribution in [2.45, 2.75) is 64.6 Å². The molecule has 0 radical (unpaired) electrons. The van der Waals surface area contributed by atoms with Gasteiger partial charge in [0.25, 0.3) is 10.0 Å². The fourth-order valence-electron chi connectivity index (χ4n) is 5.12. The highest BCUT2D eigenvalue weighted by Crippen LogP contribution is 2.31. The number of nitrogens with zero attached hydrogens (tertiary/aromatic N) is 2. The lowest BCUT2D eigenvalue weighted by atomic mass is 10.0. The van der Waals surface area contributed by atoms with E-state index in [4.69, 9.17) is 11.6 Å². The number of carbonyl (C=O) groups is 2. The second-order valence-electron chi connectivity index (χ2n) is 11.5. The summed E-state index contributed by atoms with van der Waals surface area (Å²) in [6.45, 7) is 8.84. The van der Waals surface area contributed by atoms with Crippen LogP contribution in [0, 0.1) is 20.8 Å². The Morgan fingerprint density at radius 1 is 0.822 bits per heavy atom. The van der Waals surface area contributed by atoms with E-state index in [1.807, 2.05) is 82.3 Å². The summed E-state index contributed by atoms with van der Waals surface area (Å²) < 4.78 is 29.6. The molecule has 7 nitrogen and oxygen atoms in total. The highest BCUT2D eigenvalue weighted by Gasteiger charge is 2.35. The van der Waals surface area contributed by atoms with Crippen molar-refractivity contribution in [3.05, 3.63) is 130 Å². The summed E-state index contributed by atoms with van der Waals surface area (Å²) in [7, 11) is -4.22. The first kappa shape index (κ1) is 33.7. The van der Waals surface area contributed by atoms with Crippen LogP contribution < -0.4 is 9.62 Å². The molecule has 236 valence electrons. The molecule has 0 spiro atoms. The molecule has 0 saturated heterocycles. The molecule has 0 saturated carbocycles. The van der Waals surface area contributed by atoms with Crippen LogP contribution in [0.3, 0.4) is 0 Å². The molecular weight excluding hydrogens is 606 g/mol. The van der Waals surface area contributed by atoms with Crippen LogP contribution in [0.4, 0.5) is 5.69 Å². The molecule has 4 aromatic carbocycles. The van der Waals surface area contributed by atoms with Gasteiger partial charge in [-0.2, -0.15) is 0 Å². The minimum absolute atomic E-state index is 0.0455. The Morgan fingerprint density at radius 3 is 2.11 bits per heavy atom. The molecule has 0 bridgehead atoms. The van der Waals surface area contributed by atoms with Crippen LogP contribution in [-0.4, -0.2) is 43.8 Å². The molecule has 0 fully saturated rings. The van der Waals surface area contributed by atoms with Gasteiger partial charge >= 0.3 is 0 Å². The van der Waals surface area contributed by atoms with E-state index in [1.54, 1.807) is 37.3 Å². The highest BCUT2D eigenvalue weighted by atomic mass is 35.5. The van der Waals surface area contributed by atoms with Gasteiger partial charge in [0.1, 0.15) is 12.6 Å². The molecule has 0 aliphatic heterocycles. The van der Waals surface area contributed by atoms with Crippen LogP contribution in [0.15, 0.2) is 102 Å². The van der Waals surface area contributed by atoms with Crippen LogP contribution in [0.2, 0.25) is 5.02 Å². The third-order valence-corrected chi connectivity index (χ3v) is 9.88. The van der Waals surface area contributed by atoms with Crippen LogP contribution in [0.1, 0.15) is 41.7 Å². The first-order chi connectivity index (χ1) is 21.4. The van der Waals surface area contributed by atoms with Crippen molar-refractivity contribution in [3.63, 3.8) is 0 Å². The molecular formula is C36H40ClN3O4S. The number of anilines is 1. The topological polar surface area (TPSA) is 86.8 Å². The summed E-state index contributed by atoms with van der Waals surface area (Å²) in [6.07, 6.45) is 0.248. The Morgan fingerprint density at radius 2 is 1.47 bits per heavy atom. The molecule has 0 aliphatic rings. The van der Waals surface area contributed by atoms with Crippen LogP contribution in [0.25, 0.3) is 0 Å². The number of carbonyl (C=O) groups excluding carboxylic acids is 2. The molecule has 9 heteroatoms. The van der Waals surface area contributed by atoms with Crippen molar-refractivity contribution in [1.29, 1.82) is 0 Å². The Labute approximate surface area is 271 Å². The zero-order valence-electron chi connectivity index (χ0n) is 26.3. The highest BCUT2D eigenvalue weighted by molar-refractivity contribution is 7.92. The lowest BCUT2D eigenvalue weighted by molar-refractivity contribution is -0.140. The fourth-order valence-corrected chi connectivity index (χ4v) is 6.76. The van der Waals surface area contributed by atoms with Crippen LogP contribution >= 0.6 is 11.6 Å². The second kappa shape index (κ2) is 14.8.